The Morgan fingerprint density at radius 1 is 0.404 bits per heavy atom. The molecule has 47 heteroatoms. The van der Waals surface area contributed by atoms with Crippen molar-refractivity contribution in [2.75, 3.05) is 126 Å². The van der Waals surface area contributed by atoms with Crippen LogP contribution in [0.25, 0.3) is 0 Å². The minimum absolute atomic E-state index is 0.0186. The van der Waals surface area contributed by atoms with Crippen molar-refractivity contribution < 1.29 is 93.8 Å². The van der Waals surface area contributed by atoms with Crippen molar-refractivity contribution in [3.05, 3.63) is 199 Å². The van der Waals surface area contributed by atoms with Crippen LogP contribution in [0.1, 0.15) is 192 Å². The average Bonchev–Trinajstić information content (AvgIpc) is 1.61. The predicted molar refractivity (Wildman–Crippen MR) is 547 cm³/mol. The van der Waals surface area contributed by atoms with Crippen LogP contribution in [0, 0.1) is 48.1 Å². The zero-order chi connectivity index (χ0) is 106. The summed E-state index contributed by atoms with van der Waals surface area (Å²) in [5.41, 5.74) is 5.36. The second-order valence-corrected chi connectivity index (χ2v) is 47.9. The normalized spacial score (nSPS) is 16.6. The SMILES string of the molecule is CC(C)n1cnc(S(=O)(=O)N2CCC(C(=O)Cc3ccc4c(c3)OCCO4)CC2)c1.CC(C)n1cnc(S(=O)(=O)N2CCC(C(=O)Nc3ccc(F)c(Cl)c3)CC2)c1.CC(C)n1cnc(S(=O)(=O)N2CCC(C(=O)Nc3ccccc3F)CC2)c1.CCOC(=O)c1ccc(NC(=O)C2CCN(S(=O)(=O)c3cn(C(C)C)cn3)CC2)cc1.Cc1ccc(NC(=O)C2CCN(S(=O)(=O)c3cn(C(C)C)cn3)CC2)cc1N(C)C. The fourth-order valence-corrected chi connectivity index (χ4v) is 24.0. The molecule has 39 nitrogen and oxygen atoms in total. The number of nitrogens with zero attached hydrogens (tertiary/aromatic N) is 16. The molecule has 10 aromatic rings. The topological polar surface area (TPSA) is 457 Å². The quantitative estimate of drug-likeness (QED) is 0.0316. The lowest BCUT2D eigenvalue weighted by atomic mass is 9.90. The summed E-state index contributed by atoms with van der Waals surface area (Å²) in [6.07, 6.45) is 20.1. The van der Waals surface area contributed by atoms with Crippen LogP contribution >= 0.6 is 11.6 Å². The van der Waals surface area contributed by atoms with E-state index in [0.717, 1.165) is 22.5 Å². The average molecular weight is 2140 g/mol. The summed E-state index contributed by atoms with van der Waals surface area (Å²) in [5, 5.41) is 11.2. The third-order valence-corrected chi connectivity index (χ3v) is 35.2. The number of ketones is 1. The number of hydrogen-bond acceptors (Lipinski definition) is 25. The zero-order valence-corrected chi connectivity index (χ0v) is 89.3. The molecule has 0 radical (unpaired) electrons. The Balaban J connectivity index is 0.000000162. The monoisotopic (exact) mass is 2140 g/mol. The molecular weight excluding hydrogens is 2010 g/mol. The van der Waals surface area contributed by atoms with Gasteiger partial charge in [0.05, 0.1) is 54.5 Å². The molecule has 4 amide bonds. The molecule has 4 N–H and O–H groups in total. The lowest BCUT2D eigenvalue weighted by Crippen LogP contribution is -2.41. The summed E-state index contributed by atoms with van der Waals surface area (Å²) in [5.74, 6) is -2.03. The van der Waals surface area contributed by atoms with E-state index in [1.54, 1.807) is 97.4 Å². The number of fused-ring (bicyclic) bond motifs is 1. The van der Waals surface area contributed by atoms with E-state index in [0.29, 0.717) is 145 Å². The maximum Gasteiger partial charge on any atom is 0.338 e. The summed E-state index contributed by atoms with van der Waals surface area (Å²) in [6.45, 7) is 27.4. The molecule has 0 bridgehead atoms. The maximum atomic E-state index is 13.7. The number of ether oxygens (including phenoxy) is 3. The number of nitrogens with one attached hydrogen (secondary N) is 4. The minimum atomic E-state index is -3.68. The number of para-hydroxylation sites is 1. The number of hydrogen-bond donors (Lipinski definition) is 4. The first-order valence-corrected chi connectivity index (χ1v) is 56.3. The van der Waals surface area contributed by atoms with Gasteiger partial charge in [-0.15, -0.1) is 0 Å². The molecule has 5 saturated heterocycles. The van der Waals surface area contributed by atoms with Crippen LogP contribution in [0.4, 0.5) is 37.2 Å². The van der Waals surface area contributed by atoms with Gasteiger partial charge >= 0.3 is 5.97 Å². The van der Waals surface area contributed by atoms with Crippen LogP contribution in [0.15, 0.2) is 191 Å². The zero-order valence-electron chi connectivity index (χ0n) is 84.4. The van der Waals surface area contributed by atoms with Gasteiger partial charge in [0.15, 0.2) is 36.6 Å². The Morgan fingerprint density at radius 2 is 0.726 bits per heavy atom. The van der Waals surface area contributed by atoms with Crippen molar-refractivity contribution in [1.29, 1.82) is 0 Å². The summed E-state index contributed by atoms with van der Waals surface area (Å²) in [4.78, 5) is 96.9. The van der Waals surface area contributed by atoms with Gasteiger partial charge in [-0.2, -0.15) is 21.5 Å². The molecule has 16 rings (SSSR count). The van der Waals surface area contributed by atoms with Gasteiger partial charge in [0.1, 0.15) is 30.6 Å². The summed E-state index contributed by atoms with van der Waals surface area (Å²) >= 11 is 5.72. The number of rotatable bonds is 29. The van der Waals surface area contributed by atoms with Crippen molar-refractivity contribution in [3.63, 3.8) is 0 Å². The van der Waals surface area contributed by atoms with Crippen LogP contribution in [0.2, 0.25) is 5.02 Å². The molecule has 5 aromatic heterocycles. The van der Waals surface area contributed by atoms with Gasteiger partial charge in [0, 0.05) is 199 Å². The molecule has 146 heavy (non-hydrogen) atoms. The van der Waals surface area contributed by atoms with Crippen molar-refractivity contribution in [2.24, 2.45) is 29.6 Å². The van der Waals surface area contributed by atoms with Gasteiger partial charge in [-0.25, -0.2) is 80.6 Å². The predicted octanol–water partition coefficient (Wildman–Crippen LogP) is 13.9. The molecule has 6 aliphatic rings. The molecule has 5 fully saturated rings. The number of halogens is 3. The standard InChI is InChI=1S/C21H31N5O3S.C21H28N4O5S.C21H27N3O5S.C18H22ClFN4O3S.C18H23FN4O3S/c1-15(2)25-13-20(22-14-25)30(28,29)26-10-8-17(9-11-26)21(27)23-18-7-6-16(3)19(12-18)24(4)5;1-4-30-21(27)17-5-7-18(8-6-17)23-20(26)16-9-11-25(12-10-16)31(28,29)19-13-24(14-22-19)15(2)3;1-15(2)23-13-21(22-14-23)30(26,27)24-7-5-17(6-8-24)18(25)11-16-3-4-19-20(12-16)29-10-9-28-19;1-12(2)23-10-17(21-11-23)28(26,27)24-7-5-13(6-8-24)18(25)22-14-3-4-16(20)15(19)9-14;1-13(2)22-11-17(20-12-22)27(25,26)23-9-7-14(8-10-23)18(24)21-16-6-4-3-5-15(16)19/h6-7,12-15,17H,8-11H2,1-5H3,(H,23,27);5-8,13-16H,4,9-12H2,1-3H3,(H,23,26);3-4,12-15,17H,5-11H2,1-2H3;3-4,9-13H,5-8H2,1-2H3,(H,22,25);3-6,11-14H,7-10H2,1-2H3,(H,21,24). The lowest BCUT2D eigenvalue weighted by Gasteiger charge is -2.30. The van der Waals surface area contributed by atoms with Gasteiger partial charge in [0.2, 0.25) is 23.6 Å². The number of benzene rings is 5. The van der Waals surface area contributed by atoms with E-state index in [2.05, 4.69) is 46.2 Å². The number of aromatic nitrogens is 10. The number of imidazole rings is 5. The van der Waals surface area contributed by atoms with Gasteiger partial charge in [-0.05, 0) is 237 Å². The molecule has 6 aliphatic heterocycles. The third kappa shape index (κ3) is 28.8. The number of carbonyl (C=O) groups is 6. The molecule has 0 unspecified atom stereocenters. The Hall–Kier alpha value is -11.7. The molecular formula is C99H131ClF2N20O19S5. The van der Waals surface area contributed by atoms with Crippen LogP contribution in [0.5, 0.6) is 11.5 Å². The lowest BCUT2D eigenvalue weighted by molar-refractivity contribution is -0.123. The number of esters is 1. The molecule has 0 spiro atoms. The van der Waals surface area contributed by atoms with E-state index in [9.17, 15) is 79.6 Å². The third-order valence-electron chi connectivity index (χ3n) is 26.0. The summed E-state index contributed by atoms with van der Waals surface area (Å²) < 4.78 is 187. The first-order valence-electron chi connectivity index (χ1n) is 48.7. The van der Waals surface area contributed by atoms with Crippen molar-refractivity contribution >= 4 is 126 Å². The molecule has 0 atom stereocenters. The number of anilines is 5. The van der Waals surface area contributed by atoms with E-state index in [1.165, 1.54) is 83.2 Å². The number of carbonyl (C=O) groups excluding carboxylic acids is 6. The summed E-state index contributed by atoms with van der Waals surface area (Å²) in [7, 11) is -14.4. The Bertz CT molecular complexity index is 6820. The van der Waals surface area contributed by atoms with Gasteiger partial charge in [0.25, 0.3) is 50.1 Å². The van der Waals surface area contributed by atoms with E-state index in [-0.39, 0.29) is 164 Å². The van der Waals surface area contributed by atoms with Gasteiger partial charge < -0.3 is 63.2 Å². The number of aryl methyl sites for hydroxylation is 1. The fourth-order valence-electron chi connectivity index (χ4n) is 16.9. The van der Waals surface area contributed by atoms with Crippen LogP contribution in [0.3, 0.4) is 0 Å². The largest absolute Gasteiger partial charge is 0.486 e. The number of amides is 4. The summed E-state index contributed by atoms with van der Waals surface area (Å²) in [6, 6.07) is 28.5. The first kappa shape index (κ1) is 113. The van der Waals surface area contributed by atoms with Crippen LogP contribution in [-0.4, -0.2) is 246 Å². The van der Waals surface area contributed by atoms with Crippen molar-refractivity contribution in [2.45, 2.75) is 209 Å². The number of Topliss-reactive ketones (excluding diaryl/α,β-unsaturated/α-hetero) is 1. The minimum Gasteiger partial charge on any atom is -0.486 e. The van der Waals surface area contributed by atoms with Crippen molar-refractivity contribution in [3.8, 4) is 11.5 Å². The highest BCUT2D eigenvalue weighted by atomic mass is 35.5. The van der Waals surface area contributed by atoms with Crippen molar-refractivity contribution in [1.82, 2.24) is 69.3 Å². The molecule has 0 aliphatic carbocycles. The Labute approximate surface area is 857 Å². The van der Waals surface area contributed by atoms with E-state index in [4.69, 9.17) is 25.8 Å². The highest BCUT2D eigenvalue weighted by molar-refractivity contribution is 7.90. The molecule has 11 heterocycles. The number of piperidine rings is 5. The molecule has 0 saturated carbocycles. The molecule has 792 valence electrons. The second kappa shape index (κ2) is 49.8. The van der Waals surface area contributed by atoms with Gasteiger partial charge in [-0.1, -0.05) is 35.9 Å². The van der Waals surface area contributed by atoms with Crippen LogP contribution in [-0.2, 0) is 85.2 Å². The van der Waals surface area contributed by atoms with E-state index >= 15 is 0 Å². The molecule has 5 aromatic carbocycles. The highest BCUT2D eigenvalue weighted by Crippen LogP contribution is 2.36. The van der Waals surface area contributed by atoms with Crippen LogP contribution < -0.4 is 35.6 Å². The number of sulfonamides is 5. The smallest absolute Gasteiger partial charge is 0.338 e. The van der Waals surface area contributed by atoms with E-state index < -0.39 is 67.7 Å². The Morgan fingerprint density at radius 3 is 1.06 bits per heavy atom. The van der Waals surface area contributed by atoms with Gasteiger partial charge in [-0.3, -0.25) is 24.0 Å². The van der Waals surface area contributed by atoms with E-state index in [1.807, 2.05) is 132 Å². The fraction of sp³-hybridized carbons (Fsp3) is 0.485. The Kier molecular flexibility index (Phi) is 38.6. The second-order valence-electron chi connectivity index (χ2n) is 38.0. The highest BCUT2D eigenvalue weighted by Gasteiger charge is 2.41. The maximum absolute atomic E-state index is 13.7. The first-order chi connectivity index (χ1) is 69.1.